The lowest BCUT2D eigenvalue weighted by Crippen LogP contribution is -2.57. The van der Waals surface area contributed by atoms with Crippen molar-refractivity contribution < 1.29 is 4.74 Å². The monoisotopic (exact) mass is 241 g/mol. The second-order valence-electron chi connectivity index (χ2n) is 5.50. The molecule has 2 rings (SSSR count). The summed E-state index contributed by atoms with van der Waals surface area (Å²) in [5.74, 6) is 0. The Kier molecular flexibility index (Phi) is 4.79. The quantitative estimate of drug-likeness (QED) is 0.773. The lowest BCUT2D eigenvalue weighted by molar-refractivity contribution is -0.0502. The Labute approximate surface area is 105 Å². The van der Waals surface area contributed by atoms with Crippen molar-refractivity contribution in [2.45, 2.75) is 39.0 Å². The van der Waals surface area contributed by atoms with Crippen molar-refractivity contribution in [3.8, 4) is 0 Å². The van der Waals surface area contributed by atoms with Gasteiger partial charge in [0.1, 0.15) is 0 Å². The molecule has 0 amide bonds. The van der Waals surface area contributed by atoms with E-state index in [9.17, 15) is 0 Å². The van der Waals surface area contributed by atoms with Crippen molar-refractivity contribution in [3.63, 3.8) is 0 Å². The van der Waals surface area contributed by atoms with Gasteiger partial charge in [-0.2, -0.15) is 0 Å². The molecule has 100 valence electrons. The molecule has 0 spiro atoms. The normalized spacial score (nSPS) is 37.2. The van der Waals surface area contributed by atoms with E-state index in [1.165, 1.54) is 0 Å². The largest absolute Gasteiger partial charge is 0.374 e. The van der Waals surface area contributed by atoms with Gasteiger partial charge in [-0.05, 0) is 20.4 Å². The van der Waals surface area contributed by atoms with Gasteiger partial charge in [-0.1, -0.05) is 6.92 Å². The molecule has 0 radical (unpaired) electrons. The first-order chi connectivity index (χ1) is 8.19. The number of morpholine rings is 1. The Morgan fingerprint density at radius 1 is 1.29 bits per heavy atom. The van der Waals surface area contributed by atoms with E-state index >= 15 is 0 Å². The van der Waals surface area contributed by atoms with Crippen LogP contribution in [0, 0.1) is 0 Å². The first-order valence-corrected chi connectivity index (χ1v) is 7.00. The molecule has 0 aromatic rings. The van der Waals surface area contributed by atoms with Crippen molar-refractivity contribution in [1.82, 2.24) is 15.1 Å². The third-order valence-electron chi connectivity index (χ3n) is 4.00. The lowest BCUT2D eigenvalue weighted by Gasteiger charge is -2.41. The average molecular weight is 241 g/mol. The third-order valence-corrected chi connectivity index (χ3v) is 4.00. The third kappa shape index (κ3) is 3.65. The van der Waals surface area contributed by atoms with Crippen molar-refractivity contribution in [3.05, 3.63) is 0 Å². The predicted molar refractivity (Wildman–Crippen MR) is 70.4 cm³/mol. The first kappa shape index (κ1) is 13.3. The minimum absolute atomic E-state index is 0.399. The summed E-state index contributed by atoms with van der Waals surface area (Å²) in [6, 6.07) is 1.24. The van der Waals surface area contributed by atoms with Crippen LogP contribution in [0.25, 0.3) is 0 Å². The minimum atomic E-state index is 0.399. The SMILES string of the molecule is CCN1CCOC(CN2CC(C)NCC2C)C1. The number of rotatable bonds is 3. The van der Waals surface area contributed by atoms with E-state index in [1.807, 2.05) is 0 Å². The second-order valence-corrected chi connectivity index (χ2v) is 5.50. The number of nitrogens with zero attached hydrogens (tertiary/aromatic N) is 2. The summed E-state index contributed by atoms with van der Waals surface area (Å²) < 4.78 is 5.89. The molecule has 0 aliphatic carbocycles. The zero-order valence-electron chi connectivity index (χ0n) is 11.5. The first-order valence-electron chi connectivity index (χ1n) is 7.00. The lowest BCUT2D eigenvalue weighted by atomic mass is 10.1. The van der Waals surface area contributed by atoms with Gasteiger partial charge in [0.2, 0.25) is 0 Å². The average Bonchev–Trinajstić information content (AvgIpc) is 2.34. The summed E-state index contributed by atoms with van der Waals surface area (Å²) in [7, 11) is 0. The number of piperazine rings is 1. The molecule has 0 aromatic carbocycles. The summed E-state index contributed by atoms with van der Waals surface area (Å²) in [6.45, 7) is 14.4. The van der Waals surface area contributed by atoms with Crippen LogP contribution in [0.5, 0.6) is 0 Å². The van der Waals surface area contributed by atoms with Crippen molar-refractivity contribution in [1.29, 1.82) is 0 Å². The van der Waals surface area contributed by atoms with Crippen LogP contribution in [0.3, 0.4) is 0 Å². The van der Waals surface area contributed by atoms with Crippen LogP contribution in [0.1, 0.15) is 20.8 Å². The molecule has 3 atom stereocenters. The number of likely N-dealkylation sites (N-methyl/N-ethyl adjacent to an activating group) is 1. The molecular weight excluding hydrogens is 214 g/mol. The van der Waals surface area contributed by atoms with Gasteiger partial charge >= 0.3 is 0 Å². The highest BCUT2D eigenvalue weighted by Crippen LogP contribution is 2.12. The molecule has 0 saturated carbocycles. The van der Waals surface area contributed by atoms with Crippen LogP contribution in [0.15, 0.2) is 0 Å². The van der Waals surface area contributed by atoms with E-state index in [2.05, 4.69) is 35.9 Å². The maximum absolute atomic E-state index is 5.89. The molecule has 2 saturated heterocycles. The fraction of sp³-hybridized carbons (Fsp3) is 1.00. The fourth-order valence-electron chi connectivity index (χ4n) is 2.79. The van der Waals surface area contributed by atoms with Gasteiger partial charge in [0.05, 0.1) is 12.7 Å². The highest BCUT2D eigenvalue weighted by molar-refractivity contribution is 4.84. The summed E-state index contributed by atoms with van der Waals surface area (Å²) in [4.78, 5) is 5.06. The maximum atomic E-state index is 5.89. The predicted octanol–water partition coefficient (Wildman–Crippen LogP) is 0.389. The Bertz CT molecular complexity index is 237. The Morgan fingerprint density at radius 2 is 2.12 bits per heavy atom. The van der Waals surface area contributed by atoms with E-state index in [4.69, 9.17) is 4.74 Å². The van der Waals surface area contributed by atoms with E-state index in [0.29, 0.717) is 18.2 Å². The summed E-state index contributed by atoms with van der Waals surface area (Å²) in [5.41, 5.74) is 0. The Balaban J connectivity index is 1.82. The zero-order valence-corrected chi connectivity index (χ0v) is 11.5. The van der Waals surface area contributed by atoms with Crippen molar-refractivity contribution in [2.24, 2.45) is 0 Å². The molecule has 1 N–H and O–H groups in total. The Hall–Kier alpha value is -0.160. The van der Waals surface area contributed by atoms with Gasteiger partial charge in [-0.15, -0.1) is 0 Å². The van der Waals surface area contributed by atoms with Gasteiger partial charge in [0, 0.05) is 44.8 Å². The number of hydrogen-bond acceptors (Lipinski definition) is 4. The summed E-state index contributed by atoms with van der Waals surface area (Å²) in [6.07, 6.45) is 0.399. The van der Waals surface area contributed by atoms with E-state index < -0.39 is 0 Å². The second kappa shape index (κ2) is 6.14. The van der Waals surface area contributed by atoms with Crippen LogP contribution in [-0.4, -0.2) is 73.9 Å². The molecule has 2 heterocycles. The van der Waals surface area contributed by atoms with Gasteiger partial charge in [-0.25, -0.2) is 0 Å². The molecule has 4 heteroatoms. The van der Waals surface area contributed by atoms with Crippen molar-refractivity contribution >= 4 is 0 Å². The fourth-order valence-corrected chi connectivity index (χ4v) is 2.79. The Morgan fingerprint density at radius 3 is 2.88 bits per heavy atom. The van der Waals surface area contributed by atoms with Gasteiger partial charge < -0.3 is 10.1 Å². The highest BCUT2D eigenvalue weighted by Gasteiger charge is 2.27. The van der Waals surface area contributed by atoms with Crippen molar-refractivity contribution in [2.75, 3.05) is 45.9 Å². The molecule has 2 aliphatic heterocycles. The zero-order chi connectivity index (χ0) is 12.3. The smallest absolute Gasteiger partial charge is 0.0829 e. The molecular formula is C13H27N3O. The minimum Gasteiger partial charge on any atom is -0.374 e. The van der Waals surface area contributed by atoms with Gasteiger partial charge in [-0.3, -0.25) is 9.80 Å². The van der Waals surface area contributed by atoms with Gasteiger partial charge in [0.25, 0.3) is 0 Å². The number of nitrogens with one attached hydrogen (secondary N) is 1. The molecule has 0 bridgehead atoms. The standard InChI is InChI=1S/C13H27N3O/c1-4-15-5-6-17-13(9-15)10-16-8-11(2)14-7-12(16)3/h11-14H,4-10H2,1-3H3. The molecule has 0 aromatic heterocycles. The summed E-state index contributed by atoms with van der Waals surface area (Å²) >= 11 is 0. The van der Waals surface area contributed by atoms with Crippen LogP contribution in [0.4, 0.5) is 0 Å². The molecule has 3 unspecified atom stereocenters. The summed E-state index contributed by atoms with van der Waals surface area (Å²) in [5, 5.41) is 3.53. The number of hydrogen-bond donors (Lipinski definition) is 1. The van der Waals surface area contributed by atoms with Gasteiger partial charge in [0.15, 0.2) is 0 Å². The molecule has 2 fully saturated rings. The molecule has 2 aliphatic rings. The van der Waals surface area contributed by atoms with E-state index in [0.717, 1.165) is 45.9 Å². The van der Waals surface area contributed by atoms with Crippen LogP contribution < -0.4 is 5.32 Å². The maximum Gasteiger partial charge on any atom is 0.0829 e. The van der Waals surface area contributed by atoms with E-state index in [1.54, 1.807) is 0 Å². The van der Waals surface area contributed by atoms with E-state index in [-0.39, 0.29) is 0 Å². The number of ether oxygens (including phenoxy) is 1. The molecule has 17 heavy (non-hydrogen) atoms. The van der Waals surface area contributed by atoms with Crippen LogP contribution >= 0.6 is 0 Å². The highest BCUT2D eigenvalue weighted by atomic mass is 16.5. The topological polar surface area (TPSA) is 27.7 Å². The van der Waals surface area contributed by atoms with Crippen LogP contribution in [-0.2, 0) is 4.74 Å². The van der Waals surface area contributed by atoms with Crippen LogP contribution in [0.2, 0.25) is 0 Å². The molecule has 4 nitrogen and oxygen atoms in total.